The van der Waals surface area contributed by atoms with Gasteiger partial charge in [0.15, 0.2) is 0 Å². The summed E-state index contributed by atoms with van der Waals surface area (Å²) in [5, 5.41) is 6.10. The lowest BCUT2D eigenvalue weighted by Gasteiger charge is -2.19. The highest BCUT2D eigenvalue weighted by Gasteiger charge is 2.15. The zero-order valence-electron chi connectivity index (χ0n) is 13.8. The summed E-state index contributed by atoms with van der Waals surface area (Å²) in [7, 11) is 0. The van der Waals surface area contributed by atoms with Crippen molar-refractivity contribution in [3.63, 3.8) is 0 Å². The molecule has 0 aliphatic heterocycles. The molecule has 0 fully saturated rings. The number of pyridine rings is 1. The number of nitrogens with one attached hydrogen (secondary N) is 2. The Morgan fingerprint density at radius 1 is 1.36 bits per heavy atom. The van der Waals surface area contributed by atoms with Crippen molar-refractivity contribution in [2.75, 3.05) is 13.1 Å². The van der Waals surface area contributed by atoms with Gasteiger partial charge in [0, 0.05) is 19.3 Å². The molecule has 5 heteroatoms. The number of carbonyl (C=O) groups is 1. The molecule has 1 aromatic heterocycles. The molecule has 0 saturated carbocycles. The summed E-state index contributed by atoms with van der Waals surface area (Å²) in [6.45, 7) is 11.6. The van der Waals surface area contributed by atoms with E-state index < -0.39 is 5.60 Å². The van der Waals surface area contributed by atoms with E-state index in [2.05, 4.69) is 22.2 Å². The zero-order valence-corrected chi connectivity index (χ0v) is 13.8. The van der Waals surface area contributed by atoms with Crippen LogP contribution in [0.1, 0.15) is 44.9 Å². The van der Waals surface area contributed by atoms with Crippen molar-refractivity contribution in [1.82, 2.24) is 15.6 Å². The predicted octanol–water partition coefficient (Wildman–Crippen LogP) is 3.12. The Morgan fingerprint density at radius 3 is 2.77 bits per heavy atom. The Kier molecular flexibility index (Phi) is 7.60. The molecule has 0 bridgehead atoms. The SMILES string of the molecule is C=Cc1cccnc1CNCCCCNC(=O)OC(C)(C)C. The molecule has 1 rings (SSSR count). The van der Waals surface area contributed by atoms with Gasteiger partial charge in [-0.1, -0.05) is 18.7 Å². The van der Waals surface area contributed by atoms with Crippen LogP contribution in [0.25, 0.3) is 6.08 Å². The number of nitrogens with zero attached hydrogens (tertiary/aromatic N) is 1. The first-order valence-corrected chi connectivity index (χ1v) is 7.66. The molecule has 0 saturated heterocycles. The smallest absolute Gasteiger partial charge is 0.407 e. The van der Waals surface area contributed by atoms with Crippen molar-refractivity contribution in [3.8, 4) is 0 Å². The Labute approximate surface area is 133 Å². The summed E-state index contributed by atoms with van der Waals surface area (Å²) >= 11 is 0. The topological polar surface area (TPSA) is 63.2 Å². The average Bonchev–Trinajstić information content (AvgIpc) is 2.44. The molecule has 1 amide bonds. The van der Waals surface area contributed by atoms with E-state index in [0.29, 0.717) is 6.54 Å². The summed E-state index contributed by atoms with van der Waals surface area (Å²) in [6, 6.07) is 3.91. The van der Waals surface area contributed by atoms with Gasteiger partial charge in [-0.3, -0.25) is 4.98 Å². The van der Waals surface area contributed by atoms with Crippen molar-refractivity contribution in [2.45, 2.75) is 45.8 Å². The molecular weight excluding hydrogens is 278 g/mol. The minimum Gasteiger partial charge on any atom is -0.444 e. The lowest BCUT2D eigenvalue weighted by molar-refractivity contribution is 0.0527. The van der Waals surface area contributed by atoms with E-state index >= 15 is 0 Å². The number of alkyl carbamates (subject to hydrolysis) is 1. The second-order valence-corrected chi connectivity index (χ2v) is 6.06. The zero-order chi connectivity index (χ0) is 16.4. The number of unbranched alkanes of at least 4 members (excludes halogenated alkanes) is 1. The van der Waals surface area contributed by atoms with Crippen molar-refractivity contribution < 1.29 is 9.53 Å². The maximum atomic E-state index is 11.4. The molecule has 0 aliphatic carbocycles. The molecular formula is C17H27N3O2. The number of ether oxygens (including phenoxy) is 1. The highest BCUT2D eigenvalue weighted by molar-refractivity contribution is 5.67. The maximum absolute atomic E-state index is 11.4. The summed E-state index contributed by atoms with van der Waals surface area (Å²) in [5.74, 6) is 0. The van der Waals surface area contributed by atoms with Gasteiger partial charge in [0.05, 0.1) is 5.69 Å². The minimum absolute atomic E-state index is 0.357. The van der Waals surface area contributed by atoms with Crippen LogP contribution in [0.5, 0.6) is 0 Å². The molecule has 122 valence electrons. The van der Waals surface area contributed by atoms with Gasteiger partial charge in [0.25, 0.3) is 0 Å². The largest absolute Gasteiger partial charge is 0.444 e. The van der Waals surface area contributed by atoms with Crippen LogP contribution >= 0.6 is 0 Å². The second kappa shape index (κ2) is 9.20. The van der Waals surface area contributed by atoms with Crippen LogP contribution in [0, 0.1) is 0 Å². The second-order valence-electron chi connectivity index (χ2n) is 6.06. The summed E-state index contributed by atoms with van der Waals surface area (Å²) < 4.78 is 5.17. The van der Waals surface area contributed by atoms with E-state index in [9.17, 15) is 4.79 Å². The third-order valence-corrected chi connectivity index (χ3v) is 2.89. The van der Waals surface area contributed by atoms with Crippen LogP contribution in [0.15, 0.2) is 24.9 Å². The summed E-state index contributed by atoms with van der Waals surface area (Å²) in [5.41, 5.74) is 1.61. The van der Waals surface area contributed by atoms with Crippen LogP contribution in [0.2, 0.25) is 0 Å². The van der Waals surface area contributed by atoms with Crippen molar-refractivity contribution in [2.24, 2.45) is 0 Å². The molecule has 1 heterocycles. The molecule has 0 spiro atoms. The molecule has 2 N–H and O–H groups in total. The van der Waals surface area contributed by atoms with E-state index in [1.54, 1.807) is 6.20 Å². The lowest BCUT2D eigenvalue weighted by atomic mass is 10.2. The van der Waals surface area contributed by atoms with Crippen molar-refractivity contribution in [3.05, 3.63) is 36.2 Å². The number of rotatable bonds is 8. The molecule has 22 heavy (non-hydrogen) atoms. The normalized spacial score (nSPS) is 11.0. The lowest BCUT2D eigenvalue weighted by Crippen LogP contribution is -2.33. The first-order chi connectivity index (χ1) is 10.4. The van der Waals surface area contributed by atoms with E-state index in [-0.39, 0.29) is 6.09 Å². The van der Waals surface area contributed by atoms with E-state index in [0.717, 1.165) is 37.2 Å². The van der Waals surface area contributed by atoms with E-state index in [1.165, 1.54) is 0 Å². The van der Waals surface area contributed by atoms with Gasteiger partial charge >= 0.3 is 6.09 Å². The van der Waals surface area contributed by atoms with Crippen LogP contribution in [-0.2, 0) is 11.3 Å². The third kappa shape index (κ3) is 7.78. The Balaban J connectivity index is 2.09. The Bertz CT molecular complexity index is 481. The maximum Gasteiger partial charge on any atom is 0.407 e. The Morgan fingerprint density at radius 2 is 2.09 bits per heavy atom. The van der Waals surface area contributed by atoms with Crippen LogP contribution in [0.3, 0.4) is 0 Å². The van der Waals surface area contributed by atoms with Crippen molar-refractivity contribution >= 4 is 12.2 Å². The molecule has 0 aromatic carbocycles. The first-order valence-electron chi connectivity index (χ1n) is 7.66. The van der Waals surface area contributed by atoms with Crippen LogP contribution < -0.4 is 10.6 Å². The van der Waals surface area contributed by atoms with E-state index in [4.69, 9.17) is 4.74 Å². The standard InChI is InChI=1S/C17H27N3O2/c1-5-14-9-8-12-19-15(14)13-18-10-6-7-11-20-16(21)22-17(2,3)4/h5,8-9,12,18H,1,6-7,10-11,13H2,2-4H3,(H,20,21). The highest BCUT2D eigenvalue weighted by Crippen LogP contribution is 2.07. The number of carbonyl (C=O) groups excluding carboxylic acids is 1. The van der Waals surface area contributed by atoms with Gasteiger partial charge in [-0.05, 0) is 51.8 Å². The molecule has 5 nitrogen and oxygen atoms in total. The quantitative estimate of drug-likeness (QED) is 0.724. The van der Waals surface area contributed by atoms with Gasteiger partial charge in [-0.2, -0.15) is 0 Å². The van der Waals surface area contributed by atoms with E-state index in [1.807, 2.05) is 39.0 Å². The van der Waals surface area contributed by atoms with Gasteiger partial charge < -0.3 is 15.4 Å². The average molecular weight is 305 g/mol. The minimum atomic E-state index is -0.447. The molecule has 0 aliphatic rings. The van der Waals surface area contributed by atoms with Gasteiger partial charge in [0.1, 0.15) is 5.60 Å². The summed E-state index contributed by atoms with van der Waals surface area (Å²) in [4.78, 5) is 15.8. The fourth-order valence-electron chi connectivity index (χ4n) is 1.87. The molecule has 0 atom stereocenters. The molecule has 0 unspecified atom stereocenters. The fraction of sp³-hybridized carbons (Fsp3) is 0.529. The number of aromatic nitrogens is 1. The molecule has 0 radical (unpaired) electrons. The van der Waals surface area contributed by atoms with Crippen LogP contribution in [0.4, 0.5) is 4.79 Å². The highest BCUT2D eigenvalue weighted by atomic mass is 16.6. The van der Waals surface area contributed by atoms with Gasteiger partial charge in [-0.25, -0.2) is 4.79 Å². The number of hydrogen-bond donors (Lipinski definition) is 2. The van der Waals surface area contributed by atoms with Crippen molar-refractivity contribution in [1.29, 1.82) is 0 Å². The first kappa shape index (κ1) is 18.2. The Hall–Kier alpha value is -1.88. The van der Waals surface area contributed by atoms with Crippen LogP contribution in [-0.4, -0.2) is 29.8 Å². The monoisotopic (exact) mass is 305 g/mol. The predicted molar refractivity (Wildman–Crippen MR) is 89.5 cm³/mol. The third-order valence-electron chi connectivity index (χ3n) is 2.89. The van der Waals surface area contributed by atoms with Gasteiger partial charge in [-0.15, -0.1) is 0 Å². The number of hydrogen-bond acceptors (Lipinski definition) is 4. The molecule has 1 aromatic rings. The van der Waals surface area contributed by atoms with Gasteiger partial charge in [0.2, 0.25) is 0 Å². The number of amides is 1. The summed E-state index contributed by atoms with van der Waals surface area (Å²) in [6.07, 6.45) is 5.13. The fourth-order valence-corrected chi connectivity index (χ4v) is 1.87.